The Kier molecular flexibility index (Phi) is 10.3. The number of hydrogen-bond acceptors (Lipinski definition) is 3. The van der Waals surface area contributed by atoms with Gasteiger partial charge in [0.1, 0.15) is 11.6 Å². The molecule has 158 valence electrons. The lowest BCUT2D eigenvalue weighted by molar-refractivity contribution is -0.132. The van der Waals surface area contributed by atoms with Crippen molar-refractivity contribution in [1.29, 1.82) is 0 Å². The van der Waals surface area contributed by atoms with Gasteiger partial charge in [-0.05, 0) is 18.1 Å². The Morgan fingerprint density at radius 3 is 2.38 bits per heavy atom. The van der Waals surface area contributed by atoms with Crippen molar-refractivity contribution in [1.82, 2.24) is 10.2 Å². The summed E-state index contributed by atoms with van der Waals surface area (Å²) >= 11 is 0. The number of nitrogens with one attached hydrogen (secondary N) is 1. The summed E-state index contributed by atoms with van der Waals surface area (Å²) in [7, 11) is 0. The third-order valence-electron chi connectivity index (χ3n) is 4.36. The van der Waals surface area contributed by atoms with Gasteiger partial charge in [-0.3, -0.25) is 9.59 Å². The van der Waals surface area contributed by atoms with E-state index in [1.165, 1.54) is 13.0 Å². The van der Waals surface area contributed by atoms with Crippen molar-refractivity contribution in [2.24, 2.45) is 5.73 Å². The minimum atomic E-state index is -0.886. The molecule has 29 heavy (non-hydrogen) atoms. The lowest BCUT2D eigenvalue weighted by Crippen LogP contribution is -2.39. The SMILES string of the molecule is CC(=O)NC(CC(=O)N(CCN)CCc1ccccc1)c1ccc(F)cc1F.Cl. The smallest absolute Gasteiger partial charge is 0.225 e. The topological polar surface area (TPSA) is 75.4 Å². The molecule has 0 aromatic heterocycles. The molecular formula is C21H26ClF2N3O2. The van der Waals surface area contributed by atoms with E-state index in [-0.39, 0.29) is 36.8 Å². The molecule has 2 aromatic carbocycles. The van der Waals surface area contributed by atoms with Gasteiger partial charge in [0.05, 0.1) is 12.5 Å². The Morgan fingerprint density at radius 1 is 1.10 bits per heavy atom. The van der Waals surface area contributed by atoms with Crippen LogP contribution in [0, 0.1) is 11.6 Å². The molecule has 0 spiro atoms. The molecule has 0 saturated carbocycles. The summed E-state index contributed by atoms with van der Waals surface area (Å²) in [5.41, 5.74) is 6.79. The van der Waals surface area contributed by atoms with Crippen molar-refractivity contribution in [3.05, 3.63) is 71.3 Å². The highest BCUT2D eigenvalue weighted by Gasteiger charge is 2.23. The average Bonchev–Trinajstić information content (AvgIpc) is 2.65. The van der Waals surface area contributed by atoms with E-state index >= 15 is 0 Å². The number of amides is 2. The maximum absolute atomic E-state index is 14.2. The van der Waals surface area contributed by atoms with Gasteiger partial charge in [-0.1, -0.05) is 36.4 Å². The molecule has 1 atom stereocenters. The number of halogens is 3. The predicted octanol–water partition coefficient (Wildman–Crippen LogP) is 2.98. The second kappa shape index (κ2) is 12.1. The van der Waals surface area contributed by atoms with Crippen molar-refractivity contribution >= 4 is 24.2 Å². The Morgan fingerprint density at radius 2 is 1.79 bits per heavy atom. The minimum Gasteiger partial charge on any atom is -0.349 e. The molecule has 0 heterocycles. The molecule has 0 aliphatic rings. The fourth-order valence-corrected chi connectivity index (χ4v) is 3.00. The van der Waals surface area contributed by atoms with Crippen LogP contribution in [0.25, 0.3) is 0 Å². The highest BCUT2D eigenvalue weighted by molar-refractivity contribution is 5.85. The van der Waals surface area contributed by atoms with E-state index in [2.05, 4.69) is 5.32 Å². The van der Waals surface area contributed by atoms with Gasteiger partial charge in [0, 0.05) is 38.2 Å². The first-order valence-corrected chi connectivity index (χ1v) is 9.14. The van der Waals surface area contributed by atoms with Crippen molar-refractivity contribution in [3.8, 4) is 0 Å². The average molecular weight is 426 g/mol. The fourth-order valence-electron chi connectivity index (χ4n) is 3.00. The van der Waals surface area contributed by atoms with Crippen LogP contribution in [0.5, 0.6) is 0 Å². The van der Waals surface area contributed by atoms with Crippen LogP contribution in [0.1, 0.15) is 30.5 Å². The monoisotopic (exact) mass is 425 g/mol. The quantitative estimate of drug-likeness (QED) is 0.648. The van der Waals surface area contributed by atoms with Gasteiger partial charge >= 0.3 is 0 Å². The first-order valence-electron chi connectivity index (χ1n) is 9.14. The number of nitrogens with zero attached hydrogens (tertiary/aromatic N) is 1. The van der Waals surface area contributed by atoms with Crippen LogP contribution in [0.3, 0.4) is 0 Å². The molecule has 0 fully saturated rings. The number of rotatable bonds is 9. The lowest BCUT2D eigenvalue weighted by Gasteiger charge is -2.26. The number of nitrogens with two attached hydrogens (primary N) is 1. The summed E-state index contributed by atoms with van der Waals surface area (Å²) in [5.74, 6) is -2.19. The molecule has 5 nitrogen and oxygen atoms in total. The Hall–Kier alpha value is -2.51. The van der Waals surface area contributed by atoms with Gasteiger partial charge < -0.3 is 16.0 Å². The zero-order valence-corrected chi connectivity index (χ0v) is 17.1. The molecule has 0 saturated heterocycles. The summed E-state index contributed by atoms with van der Waals surface area (Å²) in [6.07, 6.45) is 0.513. The molecule has 2 amide bonds. The zero-order chi connectivity index (χ0) is 20.5. The molecule has 0 bridgehead atoms. The van der Waals surface area contributed by atoms with E-state index in [4.69, 9.17) is 5.73 Å². The molecular weight excluding hydrogens is 400 g/mol. The summed E-state index contributed by atoms with van der Waals surface area (Å²) in [6, 6.07) is 11.9. The minimum absolute atomic E-state index is 0. The van der Waals surface area contributed by atoms with Gasteiger partial charge in [-0.25, -0.2) is 8.78 Å². The maximum atomic E-state index is 14.2. The van der Waals surface area contributed by atoms with Gasteiger partial charge in [0.2, 0.25) is 11.8 Å². The summed E-state index contributed by atoms with van der Waals surface area (Å²) in [6.45, 7) is 2.38. The third kappa shape index (κ3) is 7.79. The molecule has 1 unspecified atom stereocenters. The fraction of sp³-hybridized carbons (Fsp3) is 0.333. The molecule has 0 aliphatic heterocycles. The number of carbonyl (C=O) groups excluding carboxylic acids is 2. The molecule has 3 N–H and O–H groups in total. The first-order chi connectivity index (χ1) is 13.4. The van der Waals surface area contributed by atoms with Gasteiger partial charge in [-0.15, -0.1) is 12.4 Å². The molecule has 0 aliphatic carbocycles. The summed E-state index contributed by atoms with van der Waals surface area (Å²) in [5, 5.41) is 2.58. The number of benzene rings is 2. The summed E-state index contributed by atoms with van der Waals surface area (Å²) in [4.78, 5) is 26.0. The van der Waals surface area contributed by atoms with Crippen LogP contribution < -0.4 is 11.1 Å². The lowest BCUT2D eigenvalue weighted by atomic mass is 10.0. The van der Waals surface area contributed by atoms with E-state index in [0.29, 0.717) is 19.5 Å². The van der Waals surface area contributed by atoms with E-state index in [1.807, 2.05) is 30.3 Å². The Bertz CT molecular complexity index is 806. The van der Waals surface area contributed by atoms with Gasteiger partial charge in [0.25, 0.3) is 0 Å². The molecule has 2 aromatic rings. The first kappa shape index (κ1) is 24.5. The van der Waals surface area contributed by atoms with E-state index < -0.39 is 23.6 Å². The van der Waals surface area contributed by atoms with E-state index in [1.54, 1.807) is 4.90 Å². The van der Waals surface area contributed by atoms with Gasteiger partial charge in [-0.2, -0.15) is 0 Å². The van der Waals surface area contributed by atoms with E-state index in [0.717, 1.165) is 17.7 Å². The third-order valence-corrected chi connectivity index (χ3v) is 4.36. The van der Waals surface area contributed by atoms with Crippen molar-refractivity contribution in [2.45, 2.75) is 25.8 Å². The van der Waals surface area contributed by atoms with Crippen LogP contribution in [-0.4, -0.2) is 36.3 Å². The van der Waals surface area contributed by atoms with Crippen LogP contribution in [0.4, 0.5) is 8.78 Å². The molecule has 0 radical (unpaired) electrons. The zero-order valence-electron chi connectivity index (χ0n) is 16.2. The van der Waals surface area contributed by atoms with E-state index in [9.17, 15) is 18.4 Å². The Labute approximate surface area is 175 Å². The van der Waals surface area contributed by atoms with Crippen molar-refractivity contribution in [3.63, 3.8) is 0 Å². The van der Waals surface area contributed by atoms with Crippen LogP contribution >= 0.6 is 12.4 Å². The maximum Gasteiger partial charge on any atom is 0.225 e. The van der Waals surface area contributed by atoms with Crippen LogP contribution in [0.15, 0.2) is 48.5 Å². The number of hydrogen-bond donors (Lipinski definition) is 2. The molecule has 8 heteroatoms. The highest BCUT2D eigenvalue weighted by Crippen LogP contribution is 2.22. The van der Waals surface area contributed by atoms with Crippen molar-refractivity contribution in [2.75, 3.05) is 19.6 Å². The Balaban J connectivity index is 0.00000420. The second-order valence-corrected chi connectivity index (χ2v) is 6.53. The standard InChI is InChI=1S/C21H25F2N3O2.ClH/c1-15(27)25-20(18-8-7-17(22)13-19(18)23)14-21(28)26(12-10-24)11-9-16-5-3-2-4-6-16;/h2-8,13,20H,9-12,14,24H2,1H3,(H,25,27);1H. The van der Waals surface area contributed by atoms with Crippen molar-refractivity contribution < 1.29 is 18.4 Å². The molecule has 2 rings (SSSR count). The summed E-state index contributed by atoms with van der Waals surface area (Å²) < 4.78 is 27.4. The highest BCUT2D eigenvalue weighted by atomic mass is 35.5. The largest absolute Gasteiger partial charge is 0.349 e. The van der Waals surface area contributed by atoms with Crippen LogP contribution in [0.2, 0.25) is 0 Å². The van der Waals surface area contributed by atoms with Gasteiger partial charge in [0.15, 0.2) is 0 Å². The normalized spacial score (nSPS) is 11.3. The second-order valence-electron chi connectivity index (χ2n) is 6.53. The predicted molar refractivity (Wildman–Crippen MR) is 111 cm³/mol. The number of carbonyl (C=O) groups is 2. The van der Waals surface area contributed by atoms with Crippen LogP contribution in [-0.2, 0) is 16.0 Å².